The number of aromatic nitrogens is 1. The van der Waals surface area contributed by atoms with Crippen LogP contribution in [0.15, 0.2) is 5.51 Å². The van der Waals surface area contributed by atoms with Crippen molar-refractivity contribution in [3.05, 3.63) is 16.1 Å². The van der Waals surface area contributed by atoms with E-state index in [1.807, 2.05) is 12.4 Å². The molecule has 1 aliphatic rings. The van der Waals surface area contributed by atoms with E-state index < -0.39 is 10.0 Å². The van der Waals surface area contributed by atoms with Gasteiger partial charge in [-0.3, -0.25) is 0 Å². The van der Waals surface area contributed by atoms with Gasteiger partial charge in [-0.05, 0) is 33.6 Å². The maximum Gasteiger partial charge on any atom is 0.213 e. The fourth-order valence-electron chi connectivity index (χ4n) is 2.64. The molecule has 0 spiro atoms. The van der Waals surface area contributed by atoms with Crippen LogP contribution in [0.5, 0.6) is 0 Å². The van der Waals surface area contributed by atoms with Gasteiger partial charge in [-0.15, -0.1) is 11.3 Å². The third kappa shape index (κ3) is 3.58. The summed E-state index contributed by atoms with van der Waals surface area (Å²) < 4.78 is 25.2. The number of hydrogen-bond donors (Lipinski definition) is 1. The topological polar surface area (TPSA) is 62.3 Å². The molecule has 0 saturated carbocycles. The van der Waals surface area contributed by atoms with E-state index in [1.165, 1.54) is 4.88 Å². The first-order chi connectivity index (χ1) is 9.44. The number of nitrogens with one attached hydrogen (secondary N) is 1. The molecule has 1 aliphatic heterocycles. The molecule has 1 aromatic rings. The van der Waals surface area contributed by atoms with Crippen LogP contribution < -0.4 is 5.32 Å². The van der Waals surface area contributed by atoms with Crippen LogP contribution in [-0.4, -0.2) is 42.6 Å². The molecule has 1 unspecified atom stereocenters. The number of nitrogens with zero attached hydrogens (tertiary/aromatic N) is 2. The predicted octanol–water partition coefficient (Wildman–Crippen LogP) is 1.92. The quantitative estimate of drug-likeness (QED) is 0.901. The molecule has 0 radical (unpaired) electrons. The van der Waals surface area contributed by atoms with Crippen LogP contribution in [0.3, 0.4) is 0 Å². The molecular weight excluding hydrogens is 294 g/mol. The van der Waals surface area contributed by atoms with Gasteiger partial charge >= 0.3 is 0 Å². The van der Waals surface area contributed by atoms with Crippen molar-refractivity contribution < 1.29 is 8.42 Å². The van der Waals surface area contributed by atoms with Crippen molar-refractivity contribution in [2.24, 2.45) is 0 Å². The lowest BCUT2D eigenvalue weighted by Crippen LogP contribution is -2.45. The summed E-state index contributed by atoms with van der Waals surface area (Å²) in [5.74, 6) is 0.196. The SMILES string of the molecule is CCS(=O)(=O)N1CCC(NC(C)c2scnc2C)CC1. The van der Waals surface area contributed by atoms with Crippen molar-refractivity contribution in [2.45, 2.75) is 45.7 Å². The van der Waals surface area contributed by atoms with Gasteiger partial charge in [-0.25, -0.2) is 17.7 Å². The second-order valence-corrected chi connectivity index (χ2v) is 8.41. The van der Waals surface area contributed by atoms with Gasteiger partial charge in [0.25, 0.3) is 0 Å². The summed E-state index contributed by atoms with van der Waals surface area (Å²) in [6.07, 6.45) is 1.75. The predicted molar refractivity (Wildman–Crippen MR) is 82.5 cm³/mol. The summed E-state index contributed by atoms with van der Waals surface area (Å²) in [6.45, 7) is 7.13. The summed E-state index contributed by atoms with van der Waals surface area (Å²) in [5, 5.41) is 3.60. The lowest BCUT2D eigenvalue weighted by atomic mass is 10.1. The van der Waals surface area contributed by atoms with Gasteiger partial charge in [-0.1, -0.05) is 0 Å². The lowest BCUT2D eigenvalue weighted by Gasteiger charge is -2.33. The average molecular weight is 317 g/mol. The number of hydrogen-bond acceptors (Lipinski definition) is 5. The Kier molecular flexibility index (Phi) is 5.17. The second-order valence-electron chi connectivity index (χ2n) is 5.26. The Labute approximate surface area is 125 Å². The van der Waals surface area contributed by atoms with Gasteiger partial charge < -0.3 is 5.32 Å². The van der Waals surface area contributed by atoms with Gasteiger partial charge in [0.1, 0.15) is 0 Å². The Balaban J connectivity index is 1.88. The zero-order valence-corrected chi connectivity index (χ0v) is 13.9. The Bertz CT molecular complexity index is 534. The third-order valence-electron chi connectivity index (χ3n) is 3.87. The molecule has 2 rings (SSSR count). The van der Waals surface area contributed by atoms with Crippen LogP contribution in [0, 0.1) is 6.92 Å². The Morgan fingerprint density at radius 1 is 1.50 bits per heavy atom. The molecule has 114 valence electrons. The Morgan fingerprint density at radius 3 is 2.65 bits per heavy atom. The molecule has 1 atom stereocenters. The molecule has 5 nitrogen and oxygen atoms in total. The Morgan fingerprint density at radius 2 is 2.15 bits per heavy atom. The molecule has 1 aromatic heterocycles. The van der Waals surface area contributed by atoms with Crippen LogP contribution in [0.2, 0.25) is 0 Å². The highest BCUT2D eigenvalue weighted by atomic mass is 32.2. The summed E-state index contributed by atoms with van der Waals surface area (Å²) in [7, 11) is -3.03. The average Bonchev–Trinajstić information content (AvgIpc) is 2.85. The minimum atomic E-state index is -3.03. The number of piperidine rings is 1. The van der Waals surface area contributed by atoms with E-state index in [4.69, 9.17) is 0 Å². The van der Waals surface area contributed by atoms with Gasteiger partial charge in [0.2, 0.25) is 10.0 Å². The van der Waals surface area contributed by atoms with E-state index in [0.717, 1.165) is 18.5 Å². The first-order valence-electron chi connectivity index (χ1n) is 7.08. The standard InChI is InChI=1S/C13H23N3O2S2/c1-4-20(17,18)16-7-5-12(6-8-16)15-11(3)13-10(2)14-9-19-13/h9,11-12,15H,4-8H2,1-3H3. The highest BCUT2D eigenvalue weighted by molar-refractivity contribution is 7.89. The fraction of sp³-hybridized carbons (Fsp3) is 0.769. The normalized spacial score (nSPS) is 20.1. The van der Waals surface area contributed by atoms with Crippen molar-refractivity contribution in [2.75, 3.05) is 18.8 Å². The van der Waals surface area contributed by atoms with E-state index in [9.17, 15) is 8.42 Å². The van der Waals surface area contributed by atoms with E-state index in [-0.39, 0.29) is 11.8 Å². The molecule has 0 bridgehead atoms. The maximum atomic E-state index is 11.8. The molecule has 0 aliphatic carbocycles. The van der Waals surface area contributed by atoms with Crippen molar-refractivity contribution >= 4 is 21.4 Å². The number of thiazole rings is 1. The summed E-state index contributed by atoms with van der Waals surface area (Å²) in [4.78, 5) is 5.55. The molecule has 7 heteroatoms. The maximum absolute atomic E-state index is 11.8. The van der Waals surface area contributed by atoms with Crippen LogP contribution in [0.4, 0.5) is 0 Å². The Hall–Kier alpha value is -0.500. The zero-order valence-electron chi connectivity index (χ0n) is 12.3. The minimum Gasteiger partial charge on any atom is -0.307 e. The van der Waals surface area contributed by atoms with E-state index in [1.54, 1.807) is 22.6 Å². The molecule has 1 fully saturated rings. The first kappa shape index (κ1) is 15.9. The first-order valence-corrected chi connectivity index (χ1v) is 9.56. The van der Waals surface area contributed by atoms with E-state index >= 15 is 0 Å². The third-order valence-corrected chi connectivity index (χ3v) is 6.87. The molecular formula is C13H23N3O2S2. The lowest BCUT2D eigenvalue weighted by molar-refractivity contribution is 0.278. The number of sulfonamides is 1. The second kappa shape index (κ2) is 6.51. The van der Waals surface area contributed by atoms with E-state index in [2.05, 4.69) is 17.2 Å². The zero-order chi connectivity index (χ0) is 14.8. The smallest absolute Gasteiger partial charge is 0.213 e. The fourth-order valence-corrected chi connectivity index (χ4v) is 4.59. The molecule has 2 heterocycles. The summed E-state index contributed by atoms with van der Waals surface area (Å²) in [6, 6.07) is 0.664. The summed E-state index contributed by atoms with van der Waals surface area (Å²) >= 11 is 1.67. The minimum absolute atomic E-state index is 0.196. The van der Waals surface area contributed by atoms with Crippen molar-refractivity contribution in [1.29, 1.82) is 0 Å². The number of aryl methyl sites for hydroxylation is 1. The van der Waals surface area contributed by atoms with E-state index in [0.29, 0.717) is 19.1 Å². The molecule has 20 heavy (non-hydrogen) atoms. The van der Waals surface area contributed by atoms with Crippen molar-refractivity contribution in [3.63, 3.8) is 0 Å². The van der Waals surface area contributed by atoms with Gasteiger partial charge in [-0.2, -0.15) is 0 Å². The van der Waals surface area contributed by atoms with Crippen LogP contribution >= 0.6 is 11.3 Å². The van der Waals surface area contributed by atoms with Gasteiger partial charge in [0.15, 0.2) is 0 Å². The van der Waals surface area contributed by atoms with Crippen molar-refractivity contribution in [1.82, 2.24) is 14.6 Å². The molecule has 1 saturated heterocycles. The molecule has 1 N–H and O–H groups in total. The van der Waals surface area contributed by atoms with Crippen LogP contribution in [-0.2, 0) is 10.0 Å². The monoisotopic (exact) mass is 317 g/mol. The summed E-state index contributed by atoms with van der Waals surface area (Å²) in [5.41, 5.74) is 2.96. The van der Waals surface area contributed by atoms with Gasteiger partial charge in [0, 0.05) is 30.1 Å². The van der Waals surface area contributed by atoms with Crippen LogP contribution in [0.1, 0.15) is 43.3 Å². The highest BCUT2D eigenvalue weighted by Crippen LogP contribution is 2.23. The van der Waals surface area contributed by atoms with Crippen LogP contribution in [0.25, 0.3) is 0 Å². The highest BCUT2D eigenvalue weighted by Gasteiger charge is 2.27. The van der Waals surface area contributed by atoms with Gasteiger partial charge in [0.05, 0.1) is 17.0 Å². The largest absolute Gasteiger partial charge is 0.307 e. The van der Waals surface area contributed by atoms with Crippen molar-refractivity contribution in [3.8, 4) is 0 Å². The molecule has 0 aromatic carbocycles. The molecule has 0 amide bonds. The number of rotatable bonds is 5.